The molecule has 9 heteroatoms. The van der Waals surface area contributed by atoms with Crippen LogP contribution in [0.15, 0.2) is 36.5 Å². The maximum absolute atomic E-state index is 12.3. The van der Waals surface area contributed by atoms with Crippen molar-refractivity contribution in [2.45, 2.75) is 180 Å². The summed E-state index contributed by atoms with van der Waals surface area (Å²) in [6, 6.07) is -0.861. The summed E-state index contributed by atoms with van der Waals surface area (Å²) < 4.78 is 23.1. The second kappa shape index (κ2) is 33.5. The number of rotatable bonds is 36. The number of hydrogen-bond donors (Lipinski definition) is 3. The number of aliphatic hydroxyl groups is 1. The molecule has 0 aliphatic heterocycles. The molecule has 0 rings (SSSR count). The average Bonchev–Trinajstić information content (AvgIpc) is 3.06. The lowest BCUT2D eigenvalue weighted by molar-refractivity contribution is -0.870. The Morgan fingerprint density at radius 1 is 0.660 bits per heavy atom. The van der Waals surface area contributed by atoms with Crippen molar-refractivity contribution in [2.24, 2.45) is 0 Å². The van der Waals surface area contributed by atoms with Crippen molar-refractivity contribution in [2.75, 3.05) is 40.9 Å². The van der Waals surface area contributed by atoms with Crippen molar-refractivity contribution >= 4 is 13.7 Å². The summed E-state index contributed by atoms with van der Waals surface area (Å²) in [5.41, 5.74) is 0. The molecule has 1 amide bonds. The van der Waals surface area contributed by atoms with Crippen LogP contribution in [-0.2, 0) is 18.4 Å². The summed E-state index contributed by atoms with van der Waals surface area (Å²) in [5.74, 6) is -0.228. The average molecular weight is 728 g/mol. The van der Waals surface area contributed by atoms with Crippen LogP contribution in [0, 0.1) is 0 Å². The SMILES string of the molecule is CCCCCCCCCCCCCCCCCC/C=C/CC/C=C/CC/C=C/C(O)C(COP(=O)(O)OCC[N+](C)(C)C)NC(=O)CCCC. The van der Waals surface area contributed by atoms with Gasteiger partial charge in [0.25, 0.3) is 0 Å². The van der Waals surface area contributed by atoms with Gasteiger partial charge >= 0.3 is 7.82 Å². The van der Waals surface area contributed by atoms with Crippen molar-refractivity contribution < 1.29 is 32.9 Å². The van der Waals surface area contributed by atoms with Gasteiger partial charge in [-0.05, 0) is 44.9 Å². The topological polar surface area (TPSA) is 105 Å². The fourth-order valence-electron chi connectivity index (χ4n) is 5.52. The van der Waals surface area contributed by atoms with E-state index in [9.17, 15) is 19.4 Å². The number of nitrogens with one attached hydrogen (secondary N) is 1. The predicted octanol–water partition coefficient (Wildman–Crippen LogP) is 10.7. The number of allylic oxidation sites excluding steroid dienone is 5. The van der Waals surface area contributed by atoms with Crippen LogP contribution in [0.4, 0.5) is 0 Å². The van der Waals surface area contributed by atoms with Crippen LogP contribution in [0.5, 0.6) is 0 Å². The maximum atomic E-state index is 12.3. The third-order valence-electron chi connectivity index (χ3n) is 8.84. The lowest BCUT2D eigenvalue weighted by Gasteiger charge is -2.25. The van der Waals surface area contributed by atoms with Gasteiger partial charge in [0.05, 0.1) is 39.9 Å². The Balaban J connectivity index is 4.04. The number of phosphoric acid groups is 1. The zero-order chi connectivity index (χ0) is 37.2. The fraction of sp³-hybridized carbons (Fsp3) is 0.829. The van der Waals surface area contributed by atoms with Crippen LogP contribution in [-0.4, -0.2) is 73.4 Å². The van der Waals surface area contributed by atoms with Crippen LogP contribution in [0.25, 0.3) is 0 Å². The molecule has 0 spiro atoms. The molecule has 3 unspecified atom stereocenters. The molecular weight excluding hydrogens is 647 g/mol. The van der Waals surface area contributed by atoms with E-state index in [2.05, 4.69) is 36.5 Å². The number of carbonyl (C=O) groups is 1. The minimum Gasteiger partial charge on any atom is -0.387 e. The molecule has 0 aliphatic rings. The maximum Gasteiger partial charge on any atom is 0.472 e. The van der Waals surface area contributed by atoms with Crippen LogP contribution < -0.4 is 5.32 Å². The molecule has 0 fully saturated rings. The van der Waals surface area contributed by atoms with Gasteiger partial charge in [0, 0.05) is 6.42 Å². The third kappa shape index (κ3) is 35.1. The van der Waals surface area contributed by atoms with Crippen molar-refractivity contribution in [3.63, 3.8) is 0 Å². The smallest absolute Gasteiger partial charge is 0.387 e. The highest BCUT2D eigenvalue weighted by atomic mass is 31.2. The number of aliphatic hydroxyl groups excluding tert-OH is 1. The summed E-state index contributed by atoms with van der Waals surface area (Å²) in [6.45, 7) is 4.52. The molecule has 0 saturated heterocycles. The molecule has 3 atom stereocenters. The molecule has 3 N–H and O–H groups in total. The monoisotopic (exact) mass is 728 g/mol. The van der Waals surface area contributed by atoms with Gasteiger partial charge in [-0.15, -0.1) is 0 Å². The van der Waals surface area contributed by atoms with Crippen LogP contribution in [0.2, 0.25) is 0 Å². The van der Waals surface area contributed by atoms with E-state index in [1.165, 1.54) is 109 Å². The van der Waals surface area contributed by atoms with Crippen molar-refractivity contribution in [3.05, 3.63) is 36.5 Å². The van der Waals surface area contributed by atoms with Crippen molar-refractivity contribution in [1.29, 1.82) is 0 Å². The number of carbonyl (C=O) groups excluding carboxylic acids is 1. The highest BCUT2D eigenvalue weighted by molar-refractivity contribution is 7.47. The van der Waals surface area contributed by atoms with E-state index >= 15 is 0 Å². The van der Waals surface area contributed by atoms with E-state index in [0.29, 0.717) is 17.4 Å². The van der Waals surface area contributed by atoms with Gasteiger partial charge in [0.1, 0.15) is 13.2 Å². The first-order chi connectivity index (χ1) is 24.0. The number of quaternary nitrogens is 1. The van der Waals surface area contributed by atoms with Gasteiger partial charge in [-0.3, -0.25) is 13.8 Å². The Labute approximate surface area is 308 Å². The molecule has 8 nitrogen and oxygen atoms in total. The second-order valence-corrected chi connectivity index (χ2v) is 16.5. The first-order valence-corrected chi connectivity index (χ1v) is 21.9. The highest BCUT2D eigenvalue weighted by Crippen LogP contribution is 2.43. The Morgan fingerprint density at radius 3 is 1.58 bits per heavy atom. The number of likely N-dealkylation sites (N-methyl/N-ethyl adjacent to an activating group) is 1. The van der Waals surface area contributed by atoms with E-state index in [1.807, 2.05) is 34.1 Å². The van der Waals surface area contributed by atoms with Gasteiger partial charge in [0.15, 0.2) is 0 Å². The first kappa shape index (κ1) is 48.7. The Morgan fingerprint density at radius 2 is 1.10 bits per heavy atom. The van der Waals surface area contributed by atoms with Gasteiger partial charge < -0.3 is 19.8 Å². The Bertz CT molecular complexity index is 917. The third-order valence-corrected chi connectivity index (χ3v) is 9.82. The molecule has 0 saturated carbocycles. The number of hydrogen-bond acceptors (Lipinski definition) is 5. The fourth-order valence-corrected chi connectivity index (χ4v) is 6.26. The normalized spacial score (nSPS) is 14.9. The molecule has 0 bridgehead atoms. The molecule has 0 heterocycles. The zero-order valence-electron chi connectivity index (χ0n) is 33.1. The Kier molecular flexibility index (Phi) is 32.7. The van der Waals surface area contributed by atoms with Gasteiger partial charge in [-0.2, -0.15) is 0 Å². The van der Waals surface area contributed by atoms with Crippen molar-refractivity contribution in [1.82, 2.24) is 5.32 Å². The molecule has 294 valence electrons. The molecular formula is C41H80N2O6P+. The number of unbranched alkanes of at least 4 members (excludes halogenated alkanes) is 19. The van der Waals surface area contributed by atoms with E-state index in [1.54, 1.807) is 6.08 Å². The predicted molar refractivity (Wildman–Crippen MR) is 212 cm³/mol. The van der Waals surface area contributed by atoms with Crippen LogP contribution in [0.1, 0.15) is 168 Å². The number of phosphoric ester groups is 1. The summed E-state index contributed by atoms with van der Waals surface area (Å²) in [4.78, 5) is 22.4. The minimum absolute atomic E-state index is 0.0522. The lowest BCUT2D eigenvalue weighted by atomic mass is 10.0. The van der Waals surface area contributed by atoms with Gasteiger partial charge in [-0.25, -0.2) is 4.57 Å². The van der Waals surface area contributed by atoms with Crippen LogP contribution >= 0.6 is 7.82 Å². The quantitative estimate of drug-likeness (QED) is 0.0257. The van der Waals surface area contributed by atoms with E-state index in [4.69, 9.17) is 9.05 Å². The van der Waals surface area contributed by atoms with E-state index in [-0.39, 0.29) is 19.1 Å². The molecule has 0 radical (unpaired) electrons. The van der Waals surface area contributed by atoms with Gasteiger partial charge in [0.2, 0.25) is 5.91 Å². The Hall–Kier alpha value is -1.28. The second-order valence-electron chi connectivity index (χ2n) is 15.0. The van der Waals surface area contributed by atoms with E-state index in [0.717, 1.165) is 38.5 Å². The highest BCUT2D eigenvalue weighted by Gasteiger charge is 2.27. The molecule has 0 aromatic rings. The molecule has 0 aromatic heterocycles. The summed E-state index contributed by atoms with van der Waals surface area (Å²) >= 11 is 0. The molecule has 0 aliphatic carbocycles. The van der Waals surface area contributed by atoms with Crippen LogP contribution in [0.3, 0.4) is 0 Å². The summed E-state index contributed by atoms with van der Waals surface area (Å²) in [5, 5.41) is 13.5. The first-order valence-electron chi connectivity index (χ1n) is 20.4. The lowest BCUT2D eigenvalue weighted by Crippen LogP contribution is -2.45. The summed E-state index contributed by atoms with van der Waals surface area (Å²) in [6.07, 6.45) is 40.6. The number of amides is 1. The van der Waals surface area contributed by atoms with E-state index < -0.39 is 20.0 Å². The molecule has 50 heavy (non-hydrogen) atoms. The zero-order valence-corrected chi connectivity index (χ0v) is 34.0. The largest absolute Gasteiger partial charge is 0.472 e. The number of nitrogens with zero attached hydrogens (tertiary/aromatic N) is 1. The minimum atomic E-state index is -4.32. The molecule has 0 aromatic carbocycles. The van der Waals surface area contributed by atoms with Gasteiger partial charge in [-0.1, -0.05) is 153 Å². The van der Waals surface area contributed by atoms with Crippen molar-refractivity contribution in [3.8, 4) is 0 Å². The standard InChI is InChI=1S/C41H79N2O6P/c1-6-8-10-11-12-13-14-15-16-17-18-19-20-21-22-23-24-25-26-27-28-29-30-31-32-33-34-40(44)39(42-41(45)35-9-7-2)38-49-50(46,47)48-37-36-43(3,4)5/h25-26,29-30,33-34,39-40,44H,6-24,27-28,31-32,35-38H2,1-5H3,(H-,42,45,46,47)/p+1/b26-25+,30-29+,34-33+. The summed E-state index contributed by atoms with van der Waals surface area (Å²) in [7, 11) is 1.54.